The van der Waals surface area contributed by atoms with E-state index in [9.17, 15) is 24.5 Å². The van der Waals surface area contributed by atoms with Crippen molar-refractivity contribution in [2.45, 2.75) is 13.0 Å². The van der Waals surface area contributed by atoms with Crippen molar-refractivity contribution in [2.24, 2.45) is 0 Å². The van der Waals surface area contributed by atoms with Crippen LogP contribution in [0.1, 0.15) is 27.6 Å². The molecular weight excluding hydrogens is 340 g/mol. The van der Waals surface area contributed by atoms with E-state index < -0.39 is 35.2 Å². The minimum atomic E-state index is -0.944. The van der Waals surface area contributed by atoms with Gasteiger partial charge in [0.05, 0.1) is 17.0 Å². The Morgan fingerprint density at radius 3 is 2.65 bits per heavy atom. The molecule has 0 fully saturated rings. The van der Waals surface area contributed by atoms with Crippen LogP contribution in [0.3, 0.4) is 0 Å². The topological polar surface area (TPSA) is 107 Å². The first-order chi connectivity index (χ1) is 12.4. The fraction of sp³-hybridized carbons (Fsp3) is 0.167. The van der Waals surface area contributed by atoms with Crippen LogP contribution in [0.5, 0.6) is 5.75 Å². The Morgan fingerprint density at radius 2 is 1.92 bits per heavy atom. The van der Waals surface area contributed by atoms with Crippen LogP contribution in [-0.4, -0.2) is 40.1 Å². The molecule has 26 heavy (non-hydrogen) atoms. The number of hydrogen-bond acceptors (Lipinski definition) is 6. The van der Waals surface area contributed by atoms with Crippen molar-refractivity contribution in [2.75, 3.05) is 6.54 Å². The molecule has 1 aliphatic rings. The number of ketones is 1. The molecule has 1 aliphatic heterocycles. The third-order valence-electron chi connectivity index (χ3n) is 3.96. The predicted octanol–water partition coefficient (Wildman–Crippen LogP) is 2.23. The number of carbonyl (C=O) groups excluding carboxylic acids is 3. The molecule has 132 valence electrons. The summed E-state index contributed by atoms with van der Waals surface area (Å²) in [6, 6.07) is 11.5. The number of hydrogen-bond donors (Lipinski definition) is 0. The Bertz CT molecular complexity index is 923. The summed E-state index contributed by atoms with van der Waals surface area (Å²) in [6.07, 6.45) is -0.944. The molecule has 2 aromatic carbocycles. The molecular formula is C18H14N2O6. The Labute approximate surface area is 148 Å². The monoisotopic (exact) mass is 354 g/mol. The number of nitrogens with zero attached hydrogens (tertiary/aromatic N) is 2. The lowest BCUT2D eigenvalue weighted by molar-refractivity contribution is -0.384. The number of nitro groups is 1. The van der Waals surface area contributed by atoms with Crippen LogP contribution in [0.15, 0.2) is 48.5 Å². The van der Waals surface area contributed by atoms with Crippen LogP contribution in [-0.2, 0) is 4.79 Å². The molecule has 0 aromatic heterocycles. The SMILES string of the molecule is CC1Oc2ccccc2C(=O)N(CC(=O)c2cccc([N+](=O)[O-])c2)C1=O. The van der Waals surface area contributed by atoms with Crippen molar-refractivity contribution in [1.82, 2.24) is 4.90 Å². The highest BCUT2D eigenvalue weighted by Crippen LogP contribution is 2.25. The number of Topliss-reactive ketones (excluding diaryl/α,β-unsaturated/α-hetero) is 1. The number of carbonyl (C=O) groups is 3. The zero-order chi connectivity index (χ0) is 18.8. The summed E-state index contributed by atoms with van der Waals surface area (Å²) in [5.41, 5.74) is -0.0191. The van der Waals surface area contributed by atoms with E-state index in [1.54, 1.807) is 18.2 Å². The summed E-state index contributed by atoms with van der Waals surface area (Å²) >= 11 is 0. The van der Waals surface area contributed by atoms with Gasteiger partial charge in [-0.1, -0.05) is 24.3 Å². The van der Waals surface area contributed by atoms with E-state index in [0.29, 0.717) is 0 Å². The molecule has 0 bridgehead atoms. The highest BCUT2D eigenvalue weighted by Gasteiger charge is 2.35. The van der Waals surface area contributed by atoms with E-state index in [2.05, 4.69) is 0 Å². The molecule has 0 radical (unpaired) electrons. The summed E-state index contributed by atoms with van der Waals surface area (Å²) < 4.78 is 5.49. The van der Waals surface area contributed by atoms with E-state index in [4.69, 9.17) is 4.74 Å². The van der Waals surface area contributed by atoms with Crippen LogP contribution >= 0.6 is 0 Å². The summed E-state index contributed by atoms with van der Waals surface area (Å²) in [7, 11) is 0. The first-order valence-corrected chi connectivity index (χ1v) is 7.77. The molecule has 1 atom stereocenters. The van der Waals surface area contributed by atoms with Gasteiger partial charge >= 0.3 is 0 Å². The summed E-state index contributed by atoms with van der Waals surface area (Å²) in [4.78, 5) is 48.7. The molecule has 1 heterocycles. The Hall–Kier alpha value is -3.55. The molecule has 0 saturated heterocycles. The molecule has 0 N–H and O–H groups in total. The normalized spacial score (nSPS) is 16.5. The first kappa shape index (κ1) is 17.3. The highest BCUT2D eigenvalue weighted by atomic mass is 16.6. The Balaban J connectivity index is 1.91. The zero-order valence-corrected chi connectivity index (χ0v) is 13.7. The van der Waals surface area contributed by atoms with Crippen molar-refractivity contribution in [3.8, 4) is 5.75 Å². The maximum atomic E-state index is 12.7. The highest BCUT2D eigenvalue weighted by molar-refractivity contribution is 6.12. The number of amides is 2. The van der Waals surface area contributed by atoms with Gasteiger partial charge in [-0.2, -0.15) is 0 Å². The molecule has 0 spiro atoms. The molecule has 3 rings (SSSR count). The van der Waals surface area contributed by atoms with Gasteiger partial charge in [-0.05, 0) is 19.1 Å². The largest absolute Gasteiger partial charge is 0.480 e. The summed E-state index contributed by atoms with van der Waals surface area (Å²) in [5, 5.41) is 10.9. The Kier molecular flexibility index (Phi) is 4.49. The molecule has 0 saturated carbocycles. The lowest BCUT2D eigenvalue weighted by Crippen LogP contribution is -2.44. The van der Waals surface area contributed by atoms with Gasteiger partial charge in [-0.25, -0.2) is 0 Å². The molecule has 2 amide bonds. The third kappa shape index (κ3) is 3.16. The number of ether oxygens (including phenoxy) is 1. The molecule has 1 unspecified atom stereocenters. The van der Waals surface area contributed by atoms with E-state index >= 15 is 0 Å². The fourth-order valence-electron chi connectivity index (χ4n) is 2.63. The lowest BCUT2D eigenvalue weighted by atomic mass is 10.1. The van der Waals surface area contributed by atoms with Crippen molar-refractivity contribution in [1.29, 1.82) is 0 Å². The molecule has 0 aliphatic carbocycles. The number of benzene rings is 2. The van der Waals surface area contributed by atoms with Crippen molar-refractivity contribution in [3.05, 3.63) is 69.8 Å². The number of imide groups is 1. The van der Waals surface area contributed by atoms with Crippen molar-refractivity contribution < 1.29 is 24.0 Å². The van der Waals surface area contributed by atoms with Crippen molar-refractivity contribution >= 4 is 23.3 Å². The number of non-ortho nitro benzene ring substituents is 1. The average Bonchev–Trinajstić information content (AvgIpc) is 2.72. The number of nitro benzene ring substituents is 1. The minimum absolute atomic E-state index is 0.0471. The molecule has 8 nitrogen and oxygen atoms in total. The maximum Gasteiger partial charge on any atom is 0.270 e. The summed E-state index contributed by atoms with van der Waals surface area (Å²) in [5.74, 6) is -1.61. The van der Waals surface area contributed by atoms with E-state index in [1.807, 2.05) is 0 Å². The van der Waals surface area contributed by atoms with Gasteiger partial charge in [0.15, 0.2) is 11.9 Å². The van der Waals surface area contributed by atoms with Gasteiger partial charge < -0.3 is 4.74 Å². The van der Waals surface area contributed by atoms with E-state index in [0.717, 1.165) is 11.0 Å². The standard InChI is InChI=1S/C18H14N2O6/c1-11-17(22)19(18(23)14-7-2-3-8-16(14)26-11)10-15(21)12-5-4-6-13(9-12)20(24)25/h2-9,11H,10H2,1H3. The van der Waals surface area contributed by atoms with Gasteiger partial charge in [0.2, 0.25) is 0 Å². The minimum Gasteiger partial charge on any atom is -0.480 e. The summed E-state index contributed by atoms with van der Waals surface area (Å²) in [6.45, 7) is 0.962. The first-order valence-electron chi connectivity index (χ1n) is 7.77. The number of fused-ring (bicyclic) bond motifs is 1. The zero-order valence-electron chi connectivity index (χ0n) is 13.7. The predicted molar refractivity (Wildman–Crippen MR) is 90.0 cm³/mol. The second-order valence-electron chi connectivity index (χ2n) is 5.72. The van der Waals surface area contributed by atoms with Gasteiger partial charge in [0, 0.05) is 17.7 Å². The molecule has 8 heteroatoms. The van der Waals surface area contributed by atoms with Crippen LogP contribution in [0.4, 0.5) is 5.69 Å². The second-order valence-corrected chi connectivity index (χ2v) is 5.72. The van der Waals surface area contributed by atoms with Gasteiger partial charge in [0.1, 0.15) is 5.75 Å². The van der Waals surface area contributed by atoms with Gasteiger partial charge in [-0.15, -0.1) is 0 Å². The fourth-order valence-corrected chi connectivity index (χ4v) is 2.63. The average molecular weight is 354 g/mol. The number of rotatable bonds is 4. The van der Waals surface area contributed by atoms with Gasteiger partial charge in [-0.3, -0.25) is 29.4 Å². The van der Waals surface area contributed by atoms with Crippen molar-refractivity contribution in [3.63, 3.8) is 0 Å². The van der Waals surface area contributed by atoms with E-state index in [-0.39, 0.29) is 22.6 Å². The smallest absolute Gasteiger partial charge is 0.270 e. The molecule has 2 aromatic rings. The second kappa shape index (κ2) is 6.75. The van der Waals surface area contributed by atoms with E-state index in [1.165, 1.54) is 31.2 Å². The third-order valence-corrected chi connectivity index (χ3v) is 3.96. The Morgan fingerprint density at radius 1 is 1.19 bits per heavy atom. The maximum absolute atomic E-state index is 12.7. The quantitative estimate of drug-likeness (QED) is 0.361. The lowest BCUT2D eigenvalue weighted by Gasteiger charge is -2.19. The van der Waals surface area contributed by atoms with Crippen LogP contribution < -0.4 is 4.74 Å². The van der Waals surface area contributed by atoms with Crippen LogP contribution in [0, 0.1) is 10.1 Å². The van der Waals surface area contributed by atoms with Crippen LogP contribution in [0.25, 0.3) is 0 Å². The number of para-hydroxylation sites is 1. The van der Waals surface area contributed by atoms with Crippen LogP contribution in [0.2, 0.25) is 0 Å². The van der Waals surface area contributed by atoms with Gasteiger partial charge in [0.25, 0.3) is 17.5 Å².